The predicted molar refractivity (Wildman–Crippen MR) is 55.1 cm³/mol. The van der Waals surface area contributed by atoms with Gasteiger partial charge in [0, 0.05) is 12.2 Å². The molecule has 4 nitrogen and oxygen atoms in total. The maximum absolute atomic E-state index is 11.6. The zero-order valence-electron chi connectivity index (χ0n) is 8.92. The van der Waals surface area contributed by atoms with Crippen LogP contribution in [0.2, 0.25) is 0 Å². The van der Waals surface area contributed by atoms with Crippen LogP contribution in [-0.2, 0) is 0 Å². The summed E-state index contributed by atoms with van der Waals surface area (Å²) in [5.41, 5.74) is 1.44. The van der Waals surface area contributed by atoms with Gasteiger partial charge in [-0.05, 0) is 12.8 Å². The molecule has 14 heavy (non-hydrogen) atoms. The highest BCUT2D eigenvalue weighted by Gasteiger charge is 2.10. The van der Waals surface area contributed by atoms with E-state index in [4.69, 9.17) is 0 Å². The molecule has 1 aromatic rings. The van der Waals surface area contributed by atoms with Crippen molar-refractivity contribution < 1.29 is 4.79 Å². The highest BCUT2D eigenvalue weighted by molar-refractivity contribution is 5.94. The van der Waals surface area contributed by atoms with Crippen molar-refractivity contribution >= 4 is 5.91 Å². The van der Waals surface area contributed by atoms with E-state index in [1.54, 1.807) is 6.20 Å². The van der Waals surface area contributed by atoms with E-state index in [2.05, 4.69) is 29.4 Å². The maximum atomic E-state index is 11.6. The highest BCUT2D eigenvalue weighted by Crippen LogP contribution is 2.03. The third kappa shape index (κ3) is 2.58. The molecule has 0 fully saturated rings. The van der Waals surface area contributed by atoms with E-state index in [9.17, 15) is 4.79 Å². The summed E-state index contributed by atoms with van der Waals surface area (Å²) in [5.74, 6) is 0.475. The van der Waals surface area contributed by atoms with E-state index < -0.39 is 0 Å². The highest BCUT2D eigenvalue weighted by atomic mass is 16.1. The van der Waals surface area contributed by atoms with Crippen LogP contribution in [0.1, 0.15) is 36.3 Å². The number of H-pyrrole nitrogens is 1. The van der Waals surface area contributed by atoms with Crippen molar-refractivity contribution in [1.82, 2.24) is 15.5 Å². The first-order valence-electron chi connectivity index (χ1n) is 4.93. The fraction of sp³-hybridized carbons (Fsp3) is 0.600. The van der Waals surface area contributed by atoms with E-state index >= 15 is 0 Å². The predicted octanol–water partition coefficient (Wildman–Crippen LogP) is 1.49. The number of aromatic nitrogens is 2. The smallest absolute Gasteiger partial charge is 0.254 e. The molecule has 0 aliphatic carbocycles. The minimum absolute atomic E-state index is 0.0449. The molecule has 1 rings (SSSR count). The van der Waals surface area contributed by atoms with Gasteiger partial charge in [-0.15, -0.1) is 0 Å². The number of carbonyl (C=O) groups is 1. The lowest BCUT2D eigenvalue weighted by atomic mass is 10.1. The van der Waals surface area contributed by atoms with Gasteiger partial charge in [-0.1, -0.05) is 20.3 Å². The van der Waals surface area contributed by atoms with Crippen LogP contribution >= 0.6 is 0 Å². The molecular formula is C10H17N3O. The molecule has 1 atom stereocenters. The molecule has 0 radical (unpaired) electrons. The zero-order valence-corrected chi connectivity index (χ0v) is 8.92. The summed E-state index contributed by atoms with van der Waals surface area (Å²) in [4.78, 5) is 11.6. The van der Waals surface area contributed by atoms with Gasteiger partial charge in [0.25, 0.3) is 5.91 Å². The Morgan fingerprint density at radius 2 is 2.43 bits per heavy atom. The number of hydrogen-bond donors (Lipinski definition) is 2. The van der Waals surface area contributed by atoms with Crippen molar-refractivity contribution in [2.24, 2.45) is 5.92 Å². The normalized spacial score (nSPS) is 12.5. The summed E-state index contributed by atoms with van der Waals surface area (Å²) >= 11 is 0. The molecule has 2 N–H and O–H groups in total. The first kappa shape index (κ1) is 10.8. The van der Waals surface area contributed by atoms with Crippen LogP contribution in [0.25, 0.3) is 0 Å². The molecule has 0 aromatic carbocycles. The topological polar surface area (TPSA) is 57.8 Å². The van der Waals surface area contributed by atoms with E-state index in [1.165, 1.54) is 0 Å². The van der Waals surface area contributed by atoms with Crippen LogP contribution in [0.5, 0.6) is 0 Å². The van der Waals surface area contributed by atoms with Gasteiger partial charge in [0.1, 0.15) is 0 Å². The Kier molecular flexibility index (Phi) is 3.68. The number of hydrogen-bond acceptors (Lipinski definition) is 2. The van der Waals surface area contributed by atoms with Gasteiger partial charge < -0.3 is 5.32 Å². The first-order chi connectivity index (χ1) is 6.65. The van der Waals surface area contributed by atoms with Crippen molar-refractivity contribution in [2.75, 3.05) is 6.54 Å². The number of amides is 1. The molecule has 1 heterocycles. The molecule has 0 saturated carbocycles. The van der Waals surface area contributed by atoms with E-state index in [0.717, 1.165) is 18.7 Å². The molecule has 0 spiro atoms. The average molecular weight is 195 g/mol. The van der Waals surface area contributed by atoms with Crippen molar-refractivity contribution in [3.63, 3.8) is 0 Å². The van der Waals surface area contributed by atoms with Gasteiger partial charge in [0.05, 0.1) is 11.8 Å². The maximum Gasteiger partial charge on any atom is 0.254 e. The number of nitrogens with zero attached hydrogens (tertiary/aromatic N) is 1. The molecule has 0 aliphatic rings. The molecular weight excluding hydrogens is 178 g/mol. The fourth-order valence-corrected chi connectivity index (χ4v) is 1.09. The Labute approximate surface area is 84.1 Å². The molecule has 4 heteroatoms. The number of rotatable bonds is 4. The van der Waals surface area contributed by atoms with Crippen molar-refractivity contribution in [1.29, 1.82) is 0 Å². The number of aromatic amines is 1. The summed E-state index contributed by atoms with van der Waals surface area (Å²) < 4.78 is 0. The second-order valence-corrected chi connectivity index (χ2v) is 3.63. The Hall–Kier alpha value is -1.32. The van der Waals surface area contributed by atoms with Crippen LogP contribution in [0.4, 0.5) is 0 Å². The fourth-order valence-electron chi connectivity index (χ4n) is 1.09. The molecule has 0 saturated heterocycles. The summed E-state index contributed by atoms with van der Waals surface area (Å²) in [6.07, 6.45) is 2.63. The molecule has 0 bridgehead atoms. The van der Waals surface area contributed by atoms with E-state index in [0.29, 0.717) is 11.5 Å². The Bertz CT molecular complexity index is 306. The largest absolute Gasteiger partial charge is 0.352 e. The lowest BCUT2D eigenvalue weighted by Gasteiger charge is -2.09. The van der Waals surface area contributed by atoms with Gasteiger partial charge in [0.2, 0.25) is 0 Å². The molecule has 1 aromatic heterocycles. The minimum Gasteiger partial charge on any atom is -0.352 e. The SMILES string of the molecule is CCC(C)CNC(=O)c1cn[nH]c1C. The quantitative estimate of drug-likeness (QED) is 0.764. The lowest BCUT2D eigenvalue weighted by Crippen LogP contribution is -2.28. The summed E-state index contributed by atoms with van der Waals surface area (Å²) in [5, 5.41) is 9.42. The van der Waals surface area contributed by atoms with E-state index in [-0.39, 0.29) is 5.91 Å². The standard InChI is InChI=1S/C10H17N3O/c1-4-7(2)5-11-10(14)9-6-12-13-8(9)3/h6-7H,4-5H2,1-3H3,(H,11,14)(H,12,13). The van der Waals surface area contributed by atoms with Crippen molar-refractivity contribution in [3.8, 4) is 0 Å². The Balaban J connectivity index is 2.47. The molecule has 1 amide bonds. The lowest BCUT2D eigenvalue weighted by molar-refractivity contribution is 0.0947. The molecule has 78 valence electrons. The number of nitrogens with one attached hydrogen (secondary N) is 2. The van der Waals surface area contributed by atoms with Gasteiger partial charge in [-0.2, -0.15) is 5.10 Å². The van der Waals surface area contributed by atoms with Gasteiger partial charge in [0.15, 0.2) is 0 Å². The van der Waals surface area contributed by atoms with Crippen LogP contribution < -0.4 is 5.32 Å². The Morgan fingerprint density at radius 3 is 2.93 bits per heavy atom. The zero-order chi connectivity index (χ0) is 10.6. The summed E-state index contributed by atoms with van der Waals surface area (Å²) in [6, 6.07) is 0. The van der Waals surface area contributed by atoms with Crippen molar-refractivity contribution in [3.05, 3.63) is 17.5 Å². The molecule has 0 aliphatic heterocycles. The minimum atomic E-state index is -0.0449. The van der Waals surface area contributed by atoms with Gasteiger partial charge in [-0.3, -0.25) is 9.89 Å². The second-order valence-electron chi connectivity index (χ2n) is 3.63. The third-order valence-corrected chi connectivity index (χ3v) is 2.38. The molecule has 1 unspecified atom stereocenters. The van der Waals surface area contributed by atoms with Crippen LogP contribution in [0.15, 0.2) is 6.20 Å². The van der Waals surface area contributed by atoms with Gasteiger partial charge in [-0.25, -0.2) is 0 Å². The van der Waals surface area contributed by atoms with Crippen LogP contribution in [0, 0.1) is 12.8 Å². The number of aryl methyl sites for hydroxylation is 1. The van der Waals surface area contributed by atoms with E-state index in [1.807, 2.05) is 6.92 Å². The summed E-state index contributed by atoms with van der Waals surface area (Å²) in [7, 11) is 0. The van der Waals surface area contributed by atoms with Crippen molar-refractivity contribution in [2.45, 2.75) is 27.2 Å². The third-order valence-electron chi connectivity index (χ3n) is 2.38. The monoisotopic (exact) mass is 195 g/mol. The Morgan fingerprint density at radius 1 is 1.71 bits per heavy atom. The van der Waals surface area contributed by atoms with Gasteiger partial charge >= 0.3 is 0 Å². The average Bonchev–Trinajstić information content (AvgIpc) is 2.60. The first-order valence-corrected chi connectivity index (χ1v) is 4.93. The number of carbonyl (C=O) groups excluding carboxylic acids is 1. The van der Waals surface area contributed by atoms with Crippen LogP contribution in [0.3, 0.4) is 0 Å². The van der Waals surface area contributed by atoms with Crippen LogP contribution in [-0.4, -0.2) is 22.6 Å². The summed E-state index contributed by atoms with van der Waals surface area (Å²) in [6.45, 7) is 6.79. The second kappa shape index (κ2) is 4.79.